The Bertz CT molecular complexity index is 577. The smallest absolute Gasteiger partial charge is 0.320 e. The van der Waals surface area contributed by atoms with Crippen molar-refractivity contribution in [2.45, 2.75) is 26.2 Å². The molecule has 2 heterocycles. The Hall–Kier alpha value is -2.03. The van der Waals surface area contributed by atoms with Gasteiger partial charge in [0.05, 0.1) is 5.75 Å². The number of hydrogen-bond donors (Lipinski definition) is 2. The first-order chi connectivity index (χ1) is 10.3. The molecule has 4 amide bonds. The third-order valence-electron chi connectivity index (χ3n) is 2.95. The molecule has 1 saturated heterocycles. The number of nitrogens with zero attached hydrogens (tertiary/aromatic N) is 2. The first-order valence-corrected chi connectivity index (χ1v) is 7.75. The summed E-state index contributed by atoms with van der Waals surface area (Å²) in [7, 11) is 0. The highest BCUT2D eigenvalue weighted by Gasteiger charge is 2.29. The van der Waals surface area contributed by atoms with E-state index in [1.165, 1.54) is 0 Å². The minimum absolute atomic E-state index is 0.157. The van der Waals surface area contributed by atoms with Crippen LogP contribution in [0.25, 0.3) is 0 Å². The van der Waals surface area contributed by atoms with Crippen LogP contribution in [0.15, 0.2) is 10.6 Å². The average molecular weight is 326 g/mol. The van der Waals surface area contributed by atoms with Crippen LogP contribution in [0.3, 0.4) is 0 Å². The quantitative estimate of drug-likeness (QED) is 0.874. The van der Waals surface area contributed by atoms with Crippen molar-refractivity contribution in [1.82, 2.24) is 15.4 Å². The van der Waals surface area contributed by atoms with Gasteiger partial charge in [-0.2, -0.15) is 0 Å². The molecular formula is C13H18N4O4S. The second-order valence-electron chi connectivity index (χ2n) is 5.81. The van der Waals surface area contributed by atoms with Gasteiger partial charge in [-0.3, -0.25) is 19.8 Å². The monoisotopic (exact) mass is 326 g/mol. The molecule has 0 saturated carbocycles. The molecule has 2 rings (SSSR count). The Labute approximate surface area is 132 Å². The lowest BCUT2D eigenvalue weighted by molar-refractivity contribution is -0.124. The first-order valence-electron chi connectivity index (χ1n) is 6.76. The van der Waals surface area contributed by atoms with Crippen molar-refractivity contribution >= 4 is 34.8 Å². The summed E-state index contributed by atoms with van der Waals surface area (Å²) < 4.78 is 5.15. The van der Waals surface area contributed by atoms with Crippen LogP contribution in [0.2, 0.25) is 0 Å². The van der Waals surface area contributed by atoms with Crippen LogP contribution in [0.1, 0.15) is 26.5 Å². The standard InChI is InChI=1S/C13H18N4O4S/c1-13(2,3)8-6-9(16-21-8)15-11(19)14-4-5-17-10(18)7-22-12(17)20/h6H,4-5,7H2,1-3H3,(H2,14,15,16,19). The second kappa shape index (κ2) is 6.39. The number of thioether (sulfide) groups is 1. The zero-order valence-corrected chi connectivity index (χ0v) is 13.5. The van der Waals surface area contributed by atoms with Crippen LogP contribution >= 0.6 is 11.8 Å². The van der Waals surface area contributed by atoms with E-state index in [1.807, 2.05) is 20.8 Å². The number of imide groups is 1. The van der Waals surface area contributed by atoms with E-state index < -0.39 is 6.03 Å². The van der Waals surface area contributed by atoms with E-state index in [0.29, 0.717) is 11.6 Å². The molecule has 8 nitrogen and oxygen atoms in total. The lowest BCUT2D eigenvalue weighted by Gasteiger charge is -2.13. The molecule has 0 spiro atoms. The lowest BCUT2D eigenvalue weighted by atomic mass is 9.93. The van der Waals surface area contributed by atoms with Gasteiger partial charge in [-0.05, 0) is 0 Å². The fraction of sp³-hybridized carbons (Fsp3) is 0.538. The van der Waals surface area contributed by atoms with Crippen molar-refractivity contribution in [2.75, 3.05) is 24.2 Å². The maximum absolute atomic E-state index is 11.7. The van der Waals surface area contributed by atoms with Gasteiger partial charge >= 0.3 is 6.03 Å². The van der Waals surface area contributed by atoms with Crippen LogP contribution < -0.4 is 10.6 Å². The number of rotatable bonds is 4. The van der Waals surface area contributed by atoms with E-state index in [-0.39, 0.29) is 35.4 Å². The van der Waals surface area contributed by atoms with Crippen LogP contribution in [-0.4, -0.2) is 46.1 Å². The minimum atomic E-state index is -0.472. The number of aromatic nitrogens is 1. The van der Waals surface area contributed by atoms with Crippen LogP contribution in [-0.2, 0) is 10.2 Å². The van der Waals surface area contributed by atoms with Gasteiger partial charge in [0.25, 0.3) is 5.24 Å². The van der Waals surface area contributed by atoms with E-state index in [0.717, 1.165) is 16.7 Å². The van der Waals surface area contributed by atoms with Gasteiger partial charge in [-0.1, -0.05) is 37.7 Å². The fourth-order valence-electron chi connectivity index (χ4n) is 1.73. The molecule has 0 aromatic carbocycles. The summed E-state index contributed by atoms with van der Waals surface area (Å²) in [5.41, 5.74) is -0.197. The van der Waals surface area contributed by atoms with Gasteiger partial charge in [0, 0.05) is 24.6 Å². The number of amides is 4. The van der Waals surface area contributed by atoms with Gasteiger partial charge in [-0.15, -0.1) is 0 Å². The zero-order valence-electron chi connectivity index (χ0n) is 12.6. The molecule has 1 fully saturated rings. The van der Waals surface area contributed by atoms with Crippen LogP contribution in [0.4, 0.5) is 15.4 Å². The Morgan fingerprint density at radius 3 is 2.73 bits per heavy atom. The molecule has 1 aliphatic heterocycles. The van der Waals surface area contributed by atoms with Crippen molar-refractivity contribution in [3.8, 4) is 0 Å². The molecule has 0 aliphatic carbocycles. The molecule has 0 atom stereocenters. The normalized spacial score (nSPS) is 15.3. The van der Waals surface area contributed by atoms with E-state index in [4.69, 9.17) is 4.52 Å². The van der Waals surface area contributed by atoms with Gasteiger partial charge < -0.3 is 9.84 Å². The van der Waals surface area contributed by atoms with Crippen molar-refractivity contribution in [3.63, 3.8) is 0 Å². The van der Waals surface area contributed by atoms with Gasteiger partial charge in [0.15, 0.2) is 5.82 Å². The summed E-state index contributed by atoms with van der Waals surface area (Å²) in [6, 6.07) is 1.18. The van der Waals surface area contributed by atoms with E-state index >= 15 is 0 Å². The number of hydrogen-bond acceptors (Lipinski definition) is 6. The molecule has 9 heteroatoms. The molecule has 1 aromatic rings. The molecule has 22 heavy (non-hydrogen) atoms. The van der Waals surface area contributed by atoms with Crippen LogP contribution in [0, 0.1) is 0 Å². The number of urea groups is 1. The molecular weight excluding hydrogens is 308 g/mol. The van der Waals surface area contributed by atoms with Crippen molar-refractivity contribution in [1.29, 1.82) is 0 Å². The maximum atomic E-state index is 11.7. The van der Waals surface area contributed by atoms with Crippen molar-refractivity contribution in [3.05, 3.63) is 11.8 Å². The number of nitrogens with one attached hydrogen (secondary N) is 2. The second-order valence-corrected chi connectivity index (χ2v) is 6.73. The third-order valence-corrected chi connectivity index (χ3v) is 3.81. The molecule has 0 radical (unpaired) electrons. The molecule has 2 N–H and O–H groups in total. The Morgan fingerprint density at radius 1 is 1.45 bits per heavy atom. The van der Waals surface area contributed by atoms with E-state index in [2.05, 4.69) is 15.8 Å². The Kier molecular flexibility index (Phi) is 4.74. The van der Waals surface area contributed by atoms with E-state index in [9.17, 15) is 14.4 Å². The number of anilines is 1. The van der Waals surface area contributed by atoms with Crippen molar-refractivity contribution in [2.24, 2.45) is 0 Å². The van der Waals surface area contributed by atoms with Crippen molar-refractivity contribution < 1.29 is 18.9 Å². The highest BCUT2D eigenvalue weighted by Crippen LogP contribution is 2.24. The molecule has 0 bridgehead atoms. The van der Waals surface area contributed by atoms with Gasteiger partial charge in [-0.25, -0.2) is 4.79 Å². The molecule has 120 valence electrons. The van der Waals surface area contributed by atoms with Crippen LogP contribution in [0.5, 0.6) is 0 Å². The third kappa shape index (κ3) is 4.00. The molecule has 1 aromatic heterocycles. The van der Waals surface area contributed by atoms with E-state index in [1.54, 1.807) is 6.07 Å². The van der Waals surface area contributed by atoms with Gasteiger partial charge in [0.1, 0.15) is 5.76 Å². The first kappa shape index (κ1) is 16.3. The lowest BCUT2D eigenvalue weighted by Crippen LogP contribution is -2.39. The Balaban J connectivity index is 1.77. The zero-order chi connectivity index (χ0) is 16.3. The topological polar surface area (TPSA) is 105 Å². The predicted molar refractivity (Wildman–Crippen MR) is 81.8 cm³/mol. The highest BCUT2D eigenvalue weighted by molar-refractivity contribution is 8.14. The summed E-state index contributed by atoms with van der Waals surface area (Å²) in [6.45, 7) is 6.25. The molecule has 1 aliphatic rings. The molecule has 0 unspecified atom stereocenters. The maximum Gasteiger partial charge on any atom is 0.320 e. The summed E-state index contributed by atoms with van der Waals surface area (Å²) in [5.74, 6) is 0.905. The predicted octanol–water partition coefficient (Wildman–Crippen LogP) is 1.79. The SMILES string of the molecule is CC(C)(C)c1cc(NC(=O)NCCN2C(=O)CSC2=O)no1. The fourth-order valence-corrected chi connectivity index (χ4v) is 2.48. The number of carbonyl (C=O) groups excluding carboxylic acids is 3. The summed E-state index contributed by atoms with van der Waals surface area (Å²) in [5, 5.41) is 8.58. The van der Waals surface area contributed by atoms with Gasteiger partial charge in [0.2, 0.25) is 5.91 Å². The summed E-state index contributed by atoms with van der Waals surface area (Å²) in [6.07, 6.45) is 0. The highest BCUT2D eigenvalue weighted by atomic mass is 32.2. The summed E-state index contributed by atoms with van der Waals surface area (Å²) >= 11 is 0.967. The number of carbonyl (C=O) groups is 3. The Morgan fingerprint density at radius 2 is 2.18 bits per heavy atom. The minimum Gasteiger partial charge on any atom is -0.359 e. The summed E-state index contributed by atoms with van der Waals surface area (Å²) in [4.78, 5) is 35.6. The largest absolute Gasteiger partial charge is 0.359 e. The average Bonchev–Trinajstić information content (AvgIpc) is 2.99.